The minimum Gasteiger partial charge on any atom is -0.409 e. The number of nitrogens with two attached hydrogens (primary N) is 1. The molecule has 0 amide bonds. The topological polar surface area (TPSA) is 70.6 Å². The Morgan fingerprint density at radius 3 is 2.67 bits per heavy atom. The van der Waals surface area contributed by atoms with Crippen LogP contribution < -0.4 is 11.1 Å². The molecule has 4 N–H and O–H groups in total. The lowest BCUT2D eigenvalue weighted by molar-refractivity contribution is 0.318. The molecular weight excluding hydrogens is 226 g/mol. The van der Waals surface area contributed by atoms with Gasteiger partial charge in [-0.1, -0.05) is 42.8 Å². The maximum Gasteiger partial charge on any atom is 0.170 e. The highest BCUT2D eigenvalue weighted by atomic mass is 16.4. The Balaban J connectivity index is 2.79. The van der Waals surface area contributed by atoms with Gasteiger partial charge in [-0.25, -0.2) is 0 Å². The molecule has 0 atom stereocenters. The van der Waals surface area contributed by atoms with Gasteiger partial charge in [-0.15, -0.1) is 0 Å². The summed E-state index contributed by atoms with van der Waals surface area (Å²) in [4.78, 5) is 0. The zero-order valence-electron chi connectivity index (χ0n) is 11.4. The van der Waals surface area contributed by atoms with E-state index < -0.39 is 0 Å². The van der Waals surface area contributed by atoms with E-state index in [9.17, 15) is 0 Å². The first kappa shape index (κ1) is 14.5. The Morgan fingerprint density at radius 2 is 2.06 bits per heavy atom. The number of benzene rings is 1. The van der Waals surface area contributed by atoms with Crippen LogP contribution >= 0.6 is 0 Å². The molecule has 0 fully saturated rings. The van der Waals surface area contributed by atoms with Gasteiger partial charge in [0.1, 0.15) is 0 Å². The van der Waals surface area contributed by atoms with Gasteiger partial charge < -0.3 is 16.3 Å². The summed E-state index contributed by atoms with van der Waals surface area (Å²) in [5, 5.41) is 15.3. The van der Waals surface area contributed by atoms with Crippen molar-refractivity contribution in [3.63, 3.8) is 0 Å². The molecule has 1 rings (SSSR count). The van der Waals surface area contributed by atoms with Crippen LogP contribution in [-0.4, -0.2) is 16.6 Å². The van der Waals surface area contributed by atoms with E-state index in [2.05, 4.69) is 31.2 Å². The Morgan fingerprint density at radius 1 is 1.39 bits per heavy atom. The van der Waals surface area contributed by atoms with E-state index in [1.165, 1.54) is 0 Å². The van der Waals surface area contributed by atoms with Gasteiger partial charge in [0, 0.05) is 17.6 Å². The van der Waals surface area contributed by atoms with Crippen LogP contribution in [-0.2, 0) is 6.54 Å². The van der Waals surface area contributed by atoms with Gasteiger partial charge in [-0.05, 0) is 25.8 Å². The summed E-state index contributed by atoms with van der Waals surface area (Å²) in [5.41, 5.74) is 7.57. The molecule has 0 saturated carbocycles. The summed E-state index contributed by atoms with van der Waals surface area (Å²) in [7, 11) is 0. The third-order valence-electron chi connectivity index (χ3n) is 3.03. The Labute approximate surface area is 109 Å². The predicted molar refractivity (Wildman–Crippen MR) is 74.8 cm³/mol. The van der Waals surface area contributed by atoms with E-state index in [4.69, 9.17) is 10.9 Å². The molecule has 0 aromatic heterocycles. The average molecular weight is 249 g/mol. The van der Waals surface area contributed by atoms with Gasteiger partial charge in [0.25, 0.3) is 0 Å². The second-order valence-corrected chi connectivity index (χ2v) is 5.13. The summed E-state index contributed by atoms with van der Waals surface area (Å²) in [6.07, 6.45) is 2.25. The first-order valence-electron chi connectivity index (χ1n) is 6.31. The second kappa shape index (κ2) is 6.40. The molecule has 0 aliphatic carbocycles. The average Bonchev–Trinajstić information content (AvgIpc) is 2.36. The fraction of sp³-hybridized carbons (Fsp3) is 0.500. The van der Waals surface area contributed by atoms with Crippen LogP contribution in [0.15, 0.2) is 29.4 Å². The lowest BCUT2D eigenvalue weighted by atomic mass is 9.98. The number of hydrogen-bond acceptors (Lipinski definition) is 3. The molecule has 0 unspecified atom stereocenters. The molecule has 0 heterocycles. The van der Waals surface area contributed by atoms with Crippen molar-refractivity contribution >= 4 is 5.84 Å². The molecule has 18 heavy (non-hydrogen) atoms. The van der Waals surface area contributed by atoms with Gasteiger partial charge in [0.05, 0.1) is 0 Å². The van der Waals surface area contributed by atoms with E-state index in [0.717, 1.165) is 24.0 Å². The molecule has 0 saturated heterocycles. The van der Waals surface area contributed by atoms with Gasteiger partial charge >= 0.3 is 0 Å². The van der Waals surface area contributed by atoms with E-state index in [1.807, 2.05) is 24.3 Å². The lowest BCUT2D eigenvalue weighted by Gasteiger charge is -2.26. The zero-order chi connectivity index (χ0) is 13.6. The van der Waals surface area contributed by atoms with Crippen LogP contribution in [0.3, 0.4) is 0 Å². The number of rotatable bonds is 6. The van der Waals surface area contributed by atoms with E-state index >= 15 is 0 Å². The van der Waals surface area contributed by atoms with Crippen LogP contribution in [0.4, 0.5) is 0 Å². The largest absolute Gasteiger partial charge is 0.409 e. The molecule has 1 aromatic rings. The van der Waals surface area contributed by atoms with Crippen molar-refractivity contribution in [3.05, 3.63) is 35.4 Å². The van der Waals surface area contributed by atoms with Crippen molar-refractivity contribution in [3.8, 4) is 0 Å². The van der Waals surface area contributed by atoms with Crippen LogP contribution in [0.25, 0.3) is 0 Å². The number of nitrogens with one attached hydrogen (secondary N) is 1. The Kier molecular flexibility index (Phi) is 5.16. The first-order chi connectivity index (χ1) is 8.50. The normalized spacial score (nSPS) is 12.7. The molecule has 100 valence electrons. The minimum atomic E-state index is 0.0903. The smallest absolute Gasteiger partial charge is 0.170 e. The second-order valence-electron chi connectivity index (χ2n) is 5.13. The first-order valence-corrected chi connectivity index (χ1v) is 6.31. The summed E-state index contributed by atoms with van der Waals surface area (Å²) < 4.78 is 0. The predicted octanol–water partition coefficient (Wildman–Crippen LogP) is 2.45. The summed E-state index contributed by atoms with van der Waals surface area (Å²) in [6, 6.07) is 7.69. The molecule has 0 radical (unpaired) electrons. The fourth-order valence-electron chi connectivity index (χ4n) is 2.03. The molecule has 1 aromatic carbocycles. The van der Waals surface area contributed by atoms with Gasteiger partial charge in [0.15, 0.2) is 5.84 Å². The van der Waals surface area contributed by atoms with Crippen molar-refractivity contribution in [1.82, 2.24) is 5.32 Å². The summed E-state index contributed by atoms with van der Waals surface area (Å²) in [6.45, 7) is 7.25. The molecule has 4 nitrogen and oxygen atoms in total. The van der Waals surface area contributed by atoms with Crippen molar-refractivity contribution in [1.29, 1.82) is 0 Å². The highest BCUT2D eigenvalue weighted by molar-refractivity contribution is 5.98. The van der Waals surface area contributed by atoms with Crippen molar-refractivity contribution in [2.24, 2.45) is 10.9 Å². The Bertz CT molecular complexity index is 413. The third-order valence-corrected chi connectivity index (χ3v) is 3.03. The molecule has 0 spiro atoms. The number of nitrogens with zero attached hydrogens (tertiary/aromatic N) is 1. The standard InChI is InChI=1S/C14H23N3O/c1-4-9-14(2,3)16-10-11-7-5-6-8-12(11)13(15)17-18/h5-8,16,18H,4,9-10H2,1-3H3,(H2,15,17). The maximum atomic E-state index is 8.77. The van der Waals surface area contributed by atoms with Crippen LogP contribution in [0.5, 0.6) is 0 Å². The highest BCUT2D eigenvalue weighted by Gasteiger charge is 2.16. The van der Waals surface area contributed by atoms with Crippen LogP contribution in [0.1, 0.15) is 44.7 Å². The lowest BCUT2D eigenvalue weighted by Crippen LogP contribution is -2.38. The third kappa shape index (κ3) is 4.04. The van der Waals surface area contributed by atoms with Gasteiger partial charge in [0.2, 0.25) is 0 Å². The van der Waals surface area contributed by atoms with Gasteiger partial charge in [-0.3, -0.25) is 0 Å². The SMILES string of the molecule is CCCC(C)(C)NCc1ccccc1/C(N)=N/O. The zero-order valence-corrected chi connectivity index (χ0v) is 11.4. The van der Waals surface area contributed by atoms with E-state index in [1.54, 1.807) is 0 Å². The van der Waals surface area contributed by atoms with Gasteiger partial charge in [-0.2, -0.15) is 0 Å². The van der Waals surface area contributed by atoms with Crippen LogP contribution in [0, 0.1) is 0 Å². The highest BCUT2D eigenvalue weighted by Crippen LogP contribution is 2.14. The van der Waals surface area contributed by atoms with Crippen LogP contribution in [0.2, 0.25) is 0 Å². The van der Waals surface area contributed by atoms with Crippen molar-refractivity contribution < 1.29 is 5.21 Å². The number of oxime groups is 1. The maximum absolute atomic E-state index is 8.77. The summed E-state index contributed by atoms with van der Waals surface area (Å²) in [5.74, 6) is 0.153. The number of amidine groups is 1. The van der Waals surface area contributed by atoms with Crippen molar-refractivity contribution in [2.75, 3.05) is 0 Å². The number of hydrogen-bond donors (Lipinski definition) is 3. The molecule has 4 heteroatoms. The molecule has 0 aliphatic rings. The Hall–Kier alpha value is -1.55. The molecular formula is C14H23N3O. The van der Waals surface area contributed by atoms with E-state index in [-0.39, 0.29) is 11.4 Å². The van der Waals surface area contributed by atoms with Crippen molar-refractivity contribution in [2.45, 2.75) is 45.7 Å². The summed E-state index contributed by atoms with van der Waals surface area (Å²) >= 11 is 0. The quantitative estimate of drug-likeness (QED) is 0.314. The monoisotopic (exact) mass is 249 g/mol. The molecule has 0 aliphatic heterocycles. The van der Waals surface area contributed by atoms with E-state index in [0.29, 0.717) is 6.54 Å². The fourth-order valence-corrected chi connectivity index (χ4v) is 2.03. The minimum absolute atomic E-state index is 0.0903. The molecule has 0 bridgehead atoms.